The van der Waals surface area contributed by atoms with Crippen LogP contribution < -0.4 is 5.32 Å². The van der Waals surface area contributed by atoms with E-state index in [1.54, 1.807) is 0 Å². The molecule has 1 unspecified atom stereocenters. The molecule has 0 amide bonds. The summed E-state index contributed by atoms with van der Waals surface area (Å²) < 4.78 is 2.36. The number of benzene rings is 6. The standard InChI is InChI=1S/C39H28N4/c1-3-13-27(14-4-1)37-40-38(28-15-5-2-6-16-28)42-39(41-37)31-19-11-17-29(25-31)30-18-12-20-32(26-30)43-35-23-9-7-21-33(35)34-22-8-10-24-36(34)43/h1-26,37H,(H,40,41,42). The highest BCUT2D eigenvalue weighted by Crippen LogP contribution is 2.33. The molecule has 1 N–H and O–H groups in total. The van der Waals surface area contributed by atoms with Gasteiger partial charge in [-0.05, 0) is 47.0 Å². The van der Waals surface area contributed by atoms with E-state index >= 15 is 0 Å². The lowest BCUT2D eigenvalue weighted by Gasteiger charge is -2.22. The van der Waals surface area contributed by atoms with Crippen molar-refractivity contribution < 1.29 is 0 Å². The number of rotatable bonds is 5. The predicted molar refractivity (Wildman–Crippen MR) is 178 cm³/mol. The molecule has 0 spiro atoms. The Morgan fingerprint density at radius 3 is 1.65 bits per heavy atom. The zero-order chi connectivity index (χ0) is 28.6. The molecule has 0 saturated carbocycles. The summed E-state index contributed by atoms with van der Waals surface area (Å²) in [7, 11) is 0. The van der Waals surface area contributed by atoms with Crippen molar-refractivity contribution in [3.05, 3.63) is 174 Å². The smallest absolute Gasteiger partial charge is 0.169 e. The van der Waals surface area contributed by atoms with Gasteiger partial charge >= 0.3 is 0 Å². The van der Waals surface area contributed by atoms with E-state index in [1.807, 2.05) is 36.4 Å². The van der Waals surface area contributed by atoms with Crippen LogP contribution in [0.25, 0.3) is 38.6 Å². The van der Waals surface area contributed by atoms with E-state index in [4.69, 9.17) is 9.98 Å². The van der Waals surface area contributed by atoms with Gasteiger partial charge in [0.25, 0.3) is 0 Å². The molecule has 0 saturated heterocycles. The fraction of sp³-hybridized carbons (Fsp3) is 0.0256. The normalized spacial score (nSPS) is 14.7. The second-order valence-electron chi connectivity index (χ2n) is 10.7. The molecule has 8 rings (SSSR count). The lowest BCUT2D eigenvalue weighted by molar-refractivity contribution is 0.756. The van der Waals surface area contributed by atoms with Crippen LogP contribution >= 0.6 is 0 Å². The molecule has 204 valence electrons. The van der Waals surface area contributed by atoms with Crippen LogP contribution in [0.3, 0.4) is 0 Å². The average molecular weight is 553 g/mol. The molecule has 0 fully saturated rings. The number of nitrogens with one attached hydrogen (secondary N) is 1. The number of aromatic nitrogens is 1. The van der Waals surface area contributed by atoms with Crippen molar-refractivity contribution in [2.45, 2.75) is 6.17 Å². The molecule has 1 aliphatic heterocycles. The maximum absolute atomic E-state index is 5.07. The molecule has 1 aliphatic rings. The Morgan fingerprint density at radius 2 is 0.953 bits per heavy atom. The van der Waals surface area contributed by atoms with Crippen LogP contribution in [-0.2, 0) is 0 Å². The summed E-state index contributed by atoms with van der Waals surface area (Å²) in [5.41, 5.74) is 8.93. The molecule has 4 nitrogen and oxygen atoms in total. The SMILES string of the molecule is c1ccc(C2=NC(c3ccccc3)N=C(c3cccc(-c4cccc(-n5c6ccccc6c6ccccc65)c4)c3)N2)cc1. The highest BCUT2D eigenvalue weighted by Gasteiger charge is 2.21. The van der Waals surface area contributed by atoms with Gasteiger partial charge in [-0.1, -0.05) is 127 Å². The van der Waals surface area contributed by atoms with Crippen LogP contribution in [0.4, 0.5) is 0 Å². The summed E-state index contributed by atoms with van der Waals surface area (Å²) in [4.78, 5) is 10.1. The van der Waals surface area contributed by atoms with E-state index in [1.165, 1.54) is 21.8 Å². The first-order chi connectivity index (χ1) is 21.3. The van der Waals surface area contributed by atoms with E-state index in [0.29, 0.717) is 0 Å². The van der Waals surface area contributed by atoms with E-state index in [9.17, 15) is 0 Å². The summed E-state index contributed by atoms with van der Waals surface area (Å²) >= 11 is 0. The quantitative estimate of drug-likeness (QED) is 0.228. The van der Waals surface area contributed by atoms with Gasteiger partial charge in [0.15, 0.2) is 6.17 Å². The first-order valence-electron chi connectivity index (χ1n) is 14.5. The third kappa shape index (κ3) is 4.59. The number of hydrogen-bond donors (Lipinski definition) is 1. The van der Waals surface area contributed by atoms with Gasteiger partial charge in [0, 0.05) is 27.6 Å². The third-order valence-corrected chi connectivity index (χ3v) is 8.04. The fourth-order valence-electron chi connectivity index (χ4n) is 5.99. The largest absolute Gasteiger partial charge is 0.324 e. The second kappa shape index (κ2) is 10.6. The van der Waals surface area contributed by atoms with Gasteiger partial charge < -0.3 is 9.88 Å². The highest BCUT2D eigenvalue weighted by molar-refractivity contribution is 6.16. The van der Waals surface area contributed by atoms with Crippen LogP contribution in [0.15, 0.2) is 168 Å². The lowest BCUT2D eigenvalue weighted by atomic mass is 10.0. The molecule has 0 radical (unpaired) electrons. The van der Waals surface area contributed by atoms with Gasteiger partial charge in [-0.2, -0.15) is 0 Å². The monoisotopic (exact) mass is 552 g/mol. The van der Waals surface area contributed by atoms with Crippen molar-refractivity contribution in [3.63, 3.8) is 0 Å². The van der Waals surface area contributed by atoms with Gasteiger partial charge in [0.05, 0.1) is 11.0 Å². The lowest BCUT2D eigenvalue weighted by Crippen LogP contribution is -2.36. The van der Waals surface area contributed by atoms with Crippen molar-refractivity contribution in [3.8, 4) is 16.8 Å². The molecule has 43 heavy (non-hydrogen) atoms. The van der Waals surface area contributed by atoms with E-state index < -0.39 is 0 Å². The highest BCUT2D eigenvalue weighted by atomic mass is 15.2. The molecule has 2 heterocycles. The van der Waals surface area contributed by atoms with Crippen molar-refractivity contribution in [2.75, 3.05) is 0 Å². The number of amidine groups is 2. The number of nitrogens with zero attached hydrogens (tertiary/aromatic N) is 3. The van der Waals surface area contributed by atoms with Crippen LogP contribution in [0.5, 0.6) is 0 Å². The Kier molecular flexibility index (Phi) is 6.16. The second-order valence-corrected chi connectivity index (χ2v) is 10.7. The number of fused-ring (bicyclic) bond motifs is 3. The van der Waals surface area contributed by atoms with Crippen molar-refractivity contribution in [1.82, 2.24) is 9.88 Å². The van der Waals surface area contributed by atoms with Gasteiger partial charge in [-0.25, -0.2) is 9.98 Å². The minimum atomic E-state index is -0.324. The summed E-state index contributed by atoms with van der Waals surface area (Å²) in [6.07, 6.45) is -0.324. The molecule has 1 aromatic heterocycles. The maximum Gasteiger partial charge on any atom is 0.169 e. The van der Waals surface area contributed by atoms with Crippen molar-refractivity contribution in [1.29, 1.82) is 0 Å². The van der Waals surface area contributed by atoms with E-state index in [-0.39, 0.29) is 6.17 Å². The topological polar surface area (TPSA) is 41.7 Å². The number of para-hydroxylation sites is 2. The Hall–Kier alpha value is -5.74. The Balaban J connectivity index is 1.20. The fourth-order valence-corrected chi connectivity index (χ4v) is 5.99. The Labute approximate surface area is 250 Å². The average Bonchev–Trinajstić information content (AvgIpc) is 3.43. The van der Waals surface area contributed by atoms with E-state index in [0.717, 1.165) is 45.2 Å². The van der Waals surface area contributed by atoms with Crippen molar-refractivity contribution >= 4 is 33.5 Å². The minimum Gasteiger partial charge on any atom is -0.324 e. The maximum atomic E-state index is 5.07. The van der Waals surface area contributed by atoms with Gasteiger partial charge in [-0.3, -0.25) is 0 Å². The first-order valence-corrected chi connectivity index (χ1v) is 14.5. The molecular weight excluding hydrogens is 524 g/mol. The molecule has 1 atom stereocenters. The van der Waals surface area contributed by atoms with Gasteiger partial charge in [0.2, 0.25) is 0 Å². The van der Waals surface area contributed by atoms with Crippen molar-refractivity contribution in [2.24, 2.45) is 9.98 Å². The summed E-state index contributed by atoms with van der Waals surface area (Å²) in [5, 5.41) is 6.05. The summed E-state index contributed by atoms with van der Waals surface area (Å²) in [5.74, 6) is 1.63. The van der Waals surface area contributed by atoms with Gasteiger partial charge in [0.1, 0.15) is 11.7 Å². The molecule has 0 bridgehead atoms. The molecular formula is C39H28N4. The Morgan fingerprint density at radius 1 is 0.442 bits per heavy atom. The number of hydrogen-bond acceptors (Lipinski definition) is 3. The van der Waals surface area contributed by atoms with Crippen LogP contribution in [0, 0.1) is 0 Å². The zero-order valence-corrected chi connectivity index (χ0v) is 23.4. The first kappa shape index (κ1) is 25.0. The zero-order valence-electron chi connectivity index (χ0n) is 23.4. The Bertz CT molecular complexity index is 2100. The predicted octanol–water partition coefficient (Wildman–Crippen LogP) is 8.95. The molecule has 7 aromatic rings. The minimum absolute atomic E-state index is 0.324. The van der Waals surface area contributed by atoms with Crippen LogP contribution in [0.2, 0.25) is 0 Å². The van der Waals surface area contributed by atoms with Crippen LogP contribution in [0.1, 0.15) is 22.9 Å². The molecule has 4 heteroatoms. The van der Waals surface area contributed by atoms with Crippen LogP contribution in [-0.4, -0.2) is 16.2 Å². The molecule has 0 aliphatic carbocycles. The summed E-state index contributed by atoms with van der Waals surface area (Å²) in [6.45, 7) is 0. The number of aliphatic imine (C=N–C) groups is 2. The van der Waals surface area contributed by atoms with E-state index in [2.05, 4.69) is 131 Å². The van der Waals surface area contributed by atoms with Gasteiger partial charge in [-0.15, -0.1) is 0 Å². The molecule has 6 aromatic carbocycles. The summed E-state index contributed by atoms with van der Waals surface area (Å²) in [6, 6.07) is 55.1. The third-order valence-electron chi connectivity index (χ3n) is 8.04.